The highest BCUT2D eigenvalue weighted by molar-refractivity contribution is 5.98. The molecule has 10 nitrogen and oxygen atoms in total. The smallest absolute Gasteiger partial charge is 0.270 e. The number of hydrogen-bond acceptors (Lipinski definition) is 7. The van der Waals surface area contributed by atoms with Crippen molar-refractivity contribution < 1.29 is 19.2 Å². The molecule has 0 aromatic heterocycles. The van der Waals surface area contributed by atoms with E-state index in [2.05, 4.69) is 20.7 Å². The summed E-state index contributed by atoms with van der Waals surface area (Å²) in [6.07, 6.45) is 1.38. The van der Waals surface area contributed by atoms with Crippen molar-refractivity contribution in [2.24, 2.45) is 11.0 Å². The van der Waals surface area contributed by atoms with E-state index in [1.807, 2.05) is 32.9 Å². The minimum Gasteiger partial charge on any atom is -0.378 e. The lowest BCUT2D eigenvalue weighted by atomic mass is 10.0. The number of non-ortho nitro benzene ring substituents is 1. The molecule has 0 aliphatic carbocycles. The van der Waals surface area contributed by atoms with Crippen molar-refractivity contribution in [2.45, 2.75) is 26.8 Å². The van der Waals surface area contributed by atoms with Crippen LogP contribution in [-0.4, -0.2) is 55.3 Å². The lowest BCUT2D eigenvalue weighted by Gasteiger charge is -2.29. The summed E-state index contributed by atoms with van der Waals surface area (Å²) in [5, 5.41) is 18.0. The fraction of sp³-hybridized carbons (Fsp3) is 0.375. The molecule has 1 saturated heterocycles. The van der Waals surface area contributed by atoms with Crippen LogP contribution < -0.4 is 15.6 Å². The minimum absolute atomic E-state index is 0.0739. The van der Waals surface area contributed by atoms with Crippen molar-refractivity contribution in [3.63, 3.8) is 0 Å². The number of nitro benzene ring substituents is 1. The summed E-state index contributed by atoms with van der Waals surface area (Å²) in [6.45, 7) is 7.97. The molecule has 2 aromatic rings. The SMILES string of the molecule is Cc1ccc(C(=O)NC(C(=O)N/N=C\c2cc([N+](=O)[O-])ccc2N2CCOCC2)C(C)C)cc1. The Kier molecular flexibility index (Phi) is 8.31. The molecule has 0 radical (unpaired) electrons. The first-order valence-electron chi connectivity index (χ1n) is 11.1. The second-order valence-corrected chi connectivity index (χ2v) is 8.40. The number of benzene rings is 2. The highest BCUT2D eigenvalue weighted by Gasteiger charge is 2.24. The summed E-state index contributed by atoms with van der Waals surface area (Å²) in [4.78, 5) is 38.2. The predicted molar refractivity (Wildman–Crippen MR) is 129 cm³/mol. The van der Waals surface area contributed by atoms with Gasteiger partial charge in [0.2, 0.25) is 0 Å². The zero-order valence-electron chi connectivity index (χ0n) is 19.5. The molecule has 1 atom stereocenters. The topological polar surface area (TPSA) is 126 Å². The maximum atomic E-state index is 12.8. The molecule has 1 aliphatic heterocycles. The Balaban J connectivity index is 1.73. The number of nitrogens with one attached hydrogen (secondary N) is 2. The number of aryl methyl sites for hydroxylation is 1. The fourth-order valence-corrected chi connectivity index (χ4v) is 3.55. The molecule has 0 saturated carbocycles. The predicted octanol–water partition coefficient (Wildman–Crippen LogP) is 2.64. The van der Waals surface area contributed by atoms with E-state index >= 15 is 0 Å². The Bertz CT molecular complexity index is 1060. The molecule has 10 heteroatoms. The molecule has 2 aromatic carbocycles. The van der Waals surface area contributed by atoms with Crippen LogP contribution in [-0.2, 0) is 9.53 Å². The quantitative estimate of drug-likeness (QED) is 0.349. The summed E-state index contributed by atoms with van der Waals surface area (Å²) in [5.41, 5.74) is 5.14. The molecule has 1 unspecified atom stereocenters. The Labute approximate surface area is 198 Å². The molecule has 2 N–H and O–H groups in total. The number of nitrogens with zero attached hydrogens (tertiary/aromatic N) is 3. The van der Waals surface area contributed by atoms with E-state index in [0.29, 0.717) is 37.4 Å². The van der Waals surface area contributed by atoms with Gasteiger partial charge in [-0.05, 0) is 31.0 Å². The fourth-order valence-electron chi connectivity index (χ4n) is 3.55. The summed E-state index contributed by atoms with van der Waals surface area (Å²) < 4.78 is 5.38. The van der Waals surface area contributed by atoms with Gasteiger partial charge in [0.25, 0.3) is 17.5 Å². The number of hydrazone groups is 1. The van der Waals surface area contributed by atoms with Crippen LogP contribution in [0, 0.1) is 23.0 Å². The van der Waals surface area contributed by atoms with E-state index in [1.54, 1.807) is 18.2 Å². The second kappa shape index (κ2) is 11.4. The van der Waals surface area contributed by atoms with Crippen LogP contribution in [0.1, 0.15) is 35.3 Å². The van der Waals surface area contributed by atoms with E-state index in [-0.39, 0.29) is 17.5 Å². The lowest BCUT2D eigenvalue weighted by molar-refractivity contribution is -0.384. The molecule has 180 valence electrons. The Hall–Kier alpha value is -3.79. The molecule has 34 heavy (non-hydrogen) atoms. The van der Waals surface area contributed by atoms with Crippen molar-refractivity contribution >= 4 is 29.4 Å². The molecule has 0 bridgehead atoms. The van der Waals surface area contributed by atoms with Crippen molar-refractivity contribution in [2.75, 3.05) is 31.2 Å². The van der Waals surface area contributed by atoms with Crippen molar-refractivity contribution in [1.29, 1.82) is 0 Å². The minimum atomic E-state index is -0.810. The van der Waals surface area contributed by atoms with Gasteiger partial charge in [0.05, 0.1) is 24.4 Å². The van der Waals surface area contributed by atoms with Crippen molar-refractivity contribution in [3.05, 3.63) is 69.3 Å². The highest BCUT2D eigenvalue weighted by atomic mass is 16.6. The molecule has 1 heterocycles. The van der Waals surface area contributed by atoms with E-state index in [1.165, 1.54) is 18.3 Å². The second-order valence-electron chi connectivity index (χ2n) is 8.40. The van der Waals surface area contributed by atoms with Gasteiger partial charge in [-0.25, -0.2) is 5.43 Å². The third kappa shape index (κ3) is 6.38. The van der Waals surface area contributed by atoms with Crippen LogP contribution >= 0.6 is 0 Å². The van der Waals surface area contributed by atoms with Crippen LogP contribution in [0.4, 0.5) is 11.4 Å². The number of ether oxygens (including phenoxy) is 1. The van der Waals surface area contributed by atoms with E-state index in [9.17, 15) is 19.7 Å². The van der Waals surface area contributed by atoms with Crippen LogP contribution in [0.15, 0.2) is 47.6 Å². The summed E-state index contributed by atoms with van der Waals surface area (Å²) in [5.74, 6) is -1.03. The Morgan fingerprint density at radius 2 is 1.82 bits per heavy atom. The lowest BCUT2D eigenvalue weighted by Crippen LogP contribution is -2.48. The van der Waals surface area contributed by atoms with Gasteiger partial charge < -0.3 is 15.0 Å². The van der Waals surface area contributed by atoms with Crippen LogP contribution in [0.25, 0.3) is 0 Å². The molecule has 2 amide bonds. The number of morpholine rings is 1. The van der Waals surface area contributed by atoms with Gasteiger partial charge in [-0.2, -0.15) is 5.10 Å². The zero-order valence-corrected chi connectivity index (χ0v) is 19.5. The van der Waals surface area contributed by atoms with Crippen LogP contribution in [0.2, 0.25) is 0 Å². The van der Waals surface area contributed by atoms with Gasteiger partial charge in [-0.15, -0.1) is 0 Å². The largest absolute Gasteiger partial charge is 0.378 e. The molecule has 1 aliphatic rings. The normalized spacial score (nSPS) is 14.8. The standard InChI is InChI=1S/C24H29N5O5/c1-16(2)22(26-23(30)18-6-4-17(3)5-7-18)24(31)27-25-15-19-14-20(29(32)33)8-9-21(19)28-10-12-34-13-11-28/h4-9,14-16,22H,10-13H2,1-3H3,(H,26,30)(H,27,31)/b25-15-. The van der Waals surface area contributed by atoms with Gasteiger partial charge in [-0.1, -0.05) is 31.5 Å². The van der Waals surface area contributed by atoms with E-state index in [0.717, 1.165) is 11.3 Å². The number of nitro groups is 1. The van der Waals surface area contributed by atoms with E-state index in [4.69, 9.17) is 4.74 Å². The molecular formula is C24H29N5O5. The number of anilines is 1. The number of rotatable bonds is 8. The van der Waals surface area contributed by atoms with E-state index < -0.39 is 16.9 Å². The maximum Gasteiger partial charge on any atom is 0.270 e. The Morgan fingerprint density at radius 1 is 1.15 bits per heavy atom. The molecule has 0 spiro atoms. The molecule has 1 fully saturated rings. The van der Waals surface area contributed by atoms with Gasteiger partial charge in [-0.3, -0.25) is 19.7 Å². The van der Waals surface area contributed by atoms with Gasteiger partial charge in [0.1, 0.15) is 6.04 Å². The number of carbonyl (C=O) groups is 2. The third-order valence-electron chi connectivity index (χ3n) is 5.50. The molecular weight excluding hydrogens is 438 g/mol. The van der Waals surface area contributed by atoms with Gasteiger partial charge >= 0.3 is 0 Å². The van der Waals surface area contributed by atoms with Crippen molar-refractivity contribution in [1.82, 2.24) is 10.7 Å². The summed E-state index contributed by atoms with van der Waals surface area (Å²) in [7, 11) is 0. The maximum absolute atomic E-state index is 12.8. The number of amides is 2. The van der Waals surface area contributed by atoms with Crippen molar-refractivity contribution in [3.8, 4) is 0 Å². The summed E-state index contributed by atoms with van der Waals surface area (Å²) >= 11 is 0. The summed E-state index contributed by atoms with van der Waals surface area (Å²) in [6, 6.07) is 10.8. The monoisotopic (exact) mass is 467 g/mol. The van der Waals surface area contributed by atoms with Gasteiger partial charge in [0, 0.05) is 42.0 Å². The van der Waals surface area contributed by atoms with Gasteiger partial charge in [0.15, 0.2) is 0 Å². The first-order chi connectivity index (χ1) is 16.3. The first kappa shape index (κ1) is 24.8. The van der Waals surface area contributed by atoms with Crippen LogP contribution in [0.3, 0.4) is 0 Å². The average Bonchev–Trinajstić information content (AvgIpc) is 2.83. The Morgan fingerprint density at radius 3 is 2.44 bits per heavy atom. The highest BCUT2D eigenvalue weighted by Crippen LogP contribution is 2.25. The molecule has 3 rings (SSSR count). The number of hydrogen-bond donors (Lipinski definition) is 2. The number of carbonyl (C=O) groups excluding carboxylic acids is 2. The third-order valence-corrected chi connectivity index (χ3v) is 5.50. The zero-order chi connectivity index (χ0) is 24.7. The first-order valence-corrected chi connectivity index (χ1v) is 11.1. The van der Waals surface area contributed by atoms with Crippen LogP contribution in [0.5, 0.6) is 0 Å². The average molecular weight is 468 g/mol.